The molecule has 170 valence electrons. The summed E-state index contributed by atoms with van der Waals surface area (Å²) in [5, 5.41) is 0.993. The molecule has 0 saturated heterocycles. The molecule has 0 unspecified atom stereocenters. The van der Waals surface area contributed by atoms with E-state index < -0.39 is 6.36 Å². The number of alkyl halides is 3. The van der Waals surface area contributed by atoms with Crippen LogP contribution in [0.4, 0.5) is 13.2 Å². The highest BCUT2D eigenvalue weighted by Crippen LogP contribution is 2.32. The number of halogens is 3. The molecule has 5 aromatic rings. The summed E-state index contributed by atoms with van der Waals surface area (Å²) in [6.45, 7) is 1.92. The summed E-state index contributed by atoms with van der Waals surface area (Å²) in [7, 11) is 0. The summed E-state index contributed by atoms with van der Waals surface area (Å²) in [6, 6.07) is 21.4. The number of aromatic amines is 1. The standard InChI is InChI=1S/C26H19F3N4O/c1-16-4-2-6-22(31-16)25-24(19-9-12-21-18(15-19)5-3-13-30-21)32-23(33-25)14-17-7-10-20(11-8-17)34-26(27,28)29/h2-13,15H,14H2,1H3,(H,32,33). The van der Waals surface area contributed by atoms with Crippen molar-refractivity contribution in [1.82, 2.24) is 19.9 Å². The van der Waals surface area contributed by atoms with Gasteiger partial charge >= 0.3 is 6.36 Å². The number of aryl methyl sites for hydroxylation is 1. The number of ether oxygens (including phenoxy) is 1. The van der Waals surface area contributed by atoms with Gasteiger partial charge in [0.2, 0.25) is 0 Å². The molecular weight excluding hydrogens is 441 g/mol. The smallest absolute Gasteiger partial charge is 0.406 e. The van der Waals surface area contributed by atoms with Crippen LogP contribution >= 0.6 is 0 Å². The maximum Gasteiger partial charge on any atom is 0.573 e. The summed E-state index contributed by atoms with van der Waals surface area (Å²) in [4.78, 5) is 17.2. The molecule has 0 spiro atoms. The predicted octanol–water partition coefficient (Wildman–Crippen LogP) is 6.48. The van der Waals surface area contributed by atoms with Crippen LogP contribution in [0, 0.1) is 6.92 Å². The zero-order valence-electron chi connectivity index (χ0n) is 18.1. The van der Waals surface area contributed by atoms with Gasteiger partial charge < -0.3 is 9.72 Å². The topological polar surface area (TPSA) is 63.7 Å². The third-order valence-corrected chi connectivity index (χ3v) is 5.30. The van der Waals surface area contributed by atoms with Gasteiger partial charge in [0.1, 0.15) is 11.6 Å². The molecule has 8 heteroatoms. The Bertz CT molecular complexity index is 1460. The van der Waals surface area contributed by atoms with Crippen LogP contribution in [-0.2, 0) is 6.42 Å². The molecule has 34 heavy (non-hydrogen) atoms. The average molecular weight is 460 g/mol. The fraction of sp³-hybridized carbons (Fsp3) is 0.115. The van der Waals surface area contributed by atoms with Gasteiger partial charge in [0.05, 0.1) is 22.6 Å². The zero-order valence-corrected chi connectivity index (χ0v) is 18.1. The molecule has 3 aromatic heterocycles. The number of nitrogens with zero attached hydrogens (tertiary/aromatic N) is 3. The summed E-state index contributed by atoms with van der Waals surface area (Å²) in [6.07, 6.45) is -2.56. The molecule has 0 radical (unpaired) electrons. The molecule has 0 amide bonds. The van der Waals surface area contributed by atoms with Gasteiger partial charge in [-0.3, -0.25) is 9.97 Å². The van der Waals surface area contributed by atoms with Crippen LogP contribution in [0.1, 0.15) is 17.1 Å². The Morgan fingerprint density at radius 2 is 1.74 bits per heavy atom. The molecule has 1 N–H and O–H groups in total. The van der Waals surface area contributed by atoms with Crippen molar-refractivity contribution in [3.8, 4) is 28.4 Å². The van der Waals surface area contributed by atoms with Crippen LogP contribution < -0.4 is 4.74 Å². The molecule has 0 saturated carbocycles. The van der Waals surface area contributed by atoms with Crippen molar-refractivity contribution in [2.24, 2.45) is 0 Å². The number of benzene rings is 2. The van der Waals surface area contributed by atoms with Crippen LogP contribution in [0.3, 0.4) is 0 Å². The van der Waals surface area contributed by atoms with E-state index >= 15 is 0 Å². The second kappa shape index (κ2) is 8.62. The van der Waals surface area contributed by atoms with E-state index in [9.17, 15) is 13.2 Å². The summed E-state index contributed by atoms with van der Waals surface area (Å²) >= 11 is 0. The Labute approximate surface area is 193 Å². The highest BCUT2D eigenvalue weighted by molar-refractivity contribution is 5.86. The molecule has 3 heterocycles. The van der Waals surface area contributed by atoms with Gasteiger partial charge in [-0.15, -0.1) is 13.2 Å². The molecule has 5 nitrogen and oxygen atoms in total. The van der Waals surface area contributed by atoms with Crippen molar-refractivity contribution in [2.75, 3.05) is 0 Å². The van der Waals surface area contributed by atoms with Crippen molar-refractivity contribution in [3.63, 3.8) is 0 Å². The monoisotopic (exact) mass is 460 g/mol. The number of imidazole rings is 1. The molecule has 0 aliphatic carbocycles. The van der Waals surface area contributed by atoms with Crippen LogP contribution in [0.2, 0.25) is 0 Å². The van der Waals surface area contributed by atoms with Crippen molar-refractivity contribution < 1.29 is 17.9 Å². The molecule has 0 bridgehead atoms. The third kappa shape index (κ3) is 4.76. The van der Waals surface area contributed by atoms with Crippen molar-refractivity contribution in [2.45, 2.75) is 19.7 Å². The van der Waals surface area contributed by atoms with Crippen molar-refractivity contribution in [3.05, 3.63) is 96.1 Å². The minimum atomic E-state index is -4.72. The second-order valence-corrected chi connectivity index (χ2v) is 7.85. The number of nitrogens with one attached hydrogen (secondary N) is 1. The van der Waals surface area contributed by atoms with Crippen LogP contribution in [0.15, 0.2) is 79.0 Å². The van der Waals surface area contributed by atoms with Gasteiger partial charge in [-0.2, -0.15) is 0 Å². The Morgan fingerprint density at radius 1 is 0.912 bits per heavy atom. The Kier molecular flexibility index (Phi) is 5.49. The summed E-state index contributed by atoms with van der Waals surface area (Å²) < 4.78 is 41.3. The predicted molar refractivity (Wildman–Crippen MR) is 123 cm³/mol. The van der Waals surface area contributed by atoms with E-state index in [2.05, 4.69) is 19.7 Å². The maximum atomic E-state index is 12.4. The molecular formula is C26H19F3N4O. The number of hydrogen-bond donors (Lipinski definition) is 1. The van der Waals surface area contributed by atoms with Crippen molar-refractivity contribution >= 4 is 10.9 Å². The molecule has 0 fully saturated rings. The number of aromatic nitrogens is 4. The average Bonchev–Trinajstić information content (AvgIpc) is 3.23. The Hall–Kier alpha value is -4.20. The lowest BCUT2D eigenvalue weighted by Crippen LogP contribution is -2.17. The quantitative estimate of drug-likeness (QED) is 0.326. The normalized spacial score (nSPS) is 11.6. The van der Waals surface area contributed by atoms with Gasteiger partial charge in [0.15, 0.2) is 0 Å². The van der Waals surface area contributed by atoms with Crippen LogP contribution in [0.25, 0.3) is 33.5 Å². The molecule has 0 aliphatic heterocycles. The molecule has 0 aliphatic rings. The highest BCUT2D eigenvalue weighted by Gasteiger charge is 2.31. The lowest BCUT2D eigenvalue weighted by Gasteiger charge is -2.08. The molecule has 5 rings (SSSR count). The van der Waals surface area contributed by atoms with Gasteiger partial charge in [0.25, 0.3) is 0 Å². The van der Waals surface area contributed by atoms with Gasteiger partial charge in [-0.25, -0.2) is 4.98 Å². The Morgan fingerprint density at radius 3 is 2.50 bits per heavy atom. The lowest BCUT2D eigenvalue weighted by molar-refractivity contribution is -0.274. The third-order valence-electron chi connectivity index (χ3n) is 5.30. The zero-order chi connectivity index (χ0) is 23.7. The van der Waals surface area contributed by atoms with E-state index in [1.165, 1.54) is 12.1 Å². The number of H-pyrrole nitrogens is 1. The van der Waals surface area contributed by atoms with Crippen molar-refractivity contribution in [1.29, 1.82) is 0 Å². The van der Waals surface area contributed by atoms with Gasteiger partial charge in [-0.05, 0) is 55.0 Å². The van der Waals surface area contributed by atoms with Crippen LogP contribution in [0.5, 0.6) is 5.75 Å². The van der Waals surface area contributed by atoms with E-state index in [1.807, 2.05) is 55.5 Å². The first-order valence-corrected chi connectivity index (χ1v) is 10.6. The minimum Gasteiger partial charge on any atom is -0.406 e. The fourth-order valence-electron chi connectivity index (χ4n) is 3.81. The SMILES string of the molecule is Cc1cccc(-c2[nH]c(Cc3ccc(OC(F)(F)F)cc3)nc2-c2ccc3ncccc3c2)n1. The van der Waals surface area contributed by atoms with E-state index in [0.717, 1.165) is 44.8 Å². The molecule has 0 atom stereocenters. The number of rotatable bonds is 5. The number of fused-ring (bicyclic) bond motifs is 1. The maximum absolute atomic E-state index is 12.4. The molecule has 2 aromatic carbocycles. The minimum absolute atomic E-state index is 0.259. The lowest BCUT2D eigenvalue weighted by atomic mass is 10.1. The van der Waals surface area contributed by atoms with E-state index in [-0.39, 0.29) is 5.75 Å². The first kappa shape index (κ1) is 21.6. The van der Waals surface area contributed by atoms with Gasteiger partial charge in [0, 0.05) is 29.3 Å². The number of pyridine rings is 2. The van der Waals surface area contributed by atoms with Gasteiger partial charge in [-0.1, -0.05) is 30.3 Å². The first-order chi connectivity index (χ1) is 16.3. The Balaban J connectivity index is 1.52. The second-order valence-electron chi connectivity index (χ2n) is 7.85. The summed E-state index contributed by atoms with van der Waals surface area (Å²) in [5.41, 5.74) is 5.75. The largest absolute Gasteiger partial charge is 0.573 e. The fourth-order valence-corrected chi connectivity index (χ4v) is 3.81. The van der Waals surface area contributed by atoms with E-state index in [4.69, 9.17) is 4.98 Å². The summed E-state index contributed by atoms with van der Waals surface area (Å²) in [5.74, 6) is 0.412. The highest BCUT2D eigenvalue weighted by atomic mass is 19.4. The number of hydrogen-bond acceptors (Lipinski definition) is 4. The van der Waals surface area contributed by atoms with E-state index in [0.29, 0.717) is 12.2 Å². The van der Waals surface area contributed by atoms with Crippen LogP contribution in [-0.4, -0.2) is 26.3 Å². The van der Waals surface area contributed by atoms with E-state index in [1.54, 1.807) is 18.3 Å². The first-order valence-electron chi connectivity index (χ1n) is 10.6.